The van der Waals surface area contributed by atoms with E-state index in [0.29, 0.717) is 16.1 Å². The van der Waals surface area contributed by atoms with E-state index in [1.165, 1.54) is 16.2 Å². The Morgan fingerprint density at radius 3 is 2.50 bits per heavy atom. The molecule has 0 aliphatic carbocycles. The summed E-state index contributed by atoms with van der Waals surface area (Å²) in [4.78, 5) is 26.7. The van der Waals surface area contributed by atoms with E-state index in [0.717, 1.165) is 10.8 Å². The summed E-state index contributed by atoms with van der Waals surface area (Å²) < 4.78 is 0. The lowest BCUT2D eigenvalue weighted by atomic mass is 10.1. The molecule has 0 spiro atoms. The van der Waals surface area contributed by atoms with Crippen molar-refractivity contribution in [2.24, 2.45) is 0 Å². The molecule has 3 nitrogen and oxygen atoms in total. The molecule has 2 heterocycles. The SMILES string of the molecule is O=C1c2ccsc2C(=O)N1c1cccc2ccccc12. The molecule has 4 rings (SSSR count). The molecule has 3 aromatic rings. The van der Waals surface area contributed by atoms with E-state index in [4.69, 9.17) is 0 Å². The summed E-state index contributed by atoms with van der Waals surface area (Å²) in [5, 5.41) is 3.70. The maximum absolute atomic E-state index is 12.4. The summed E-state index contributed by atoms with van der Waals surface area (Å²) >= 11 is 1.32. The largest absolute Gasteiger partial charge is 0.276 e. The van der Waals surface area contributed by atoms with Crippen LogP contribution >= 0.6 is 11.3 Å². The number of fused-ring (bicyclic) bond motifs is 2. The highest BCUT2D eigenvalue weighted by Crippen LogP contribution is 2.35. The molecule has 1 aliphatic rings. The Bertz CT molecular complexity index is 830. The molecule has 2 aromatic carbocycles. The summed E-state index contributed by atoms with van der Waals surface area (Å²) in [7, 11) is 0. The normalized spacial score (nSPS) is 14.1. The number of rotatable bonds is 1. The van der Waals surface area contributed by atoms with Gasteiger partial charge in [0.1, 0.15) is 4.88 Å². The Balaban J connectivity index is 1.95. The molecule has 96 valence electrons. The van der Waals surface area contributed by atoms with Gasteiger partial charge < -0.3 is 0 Å². The lowest BCUT2D eigenvalue weighted by molar-refractivity contribution is 0.0927. The predicted molar refractivity (Wildman–Crippen MR) is 79.4 cm³/mol. The monoisotopic (exact) mass is 279 g/mol. The van der Waals surface area contributed by atoms with Crippen molar-refractivity contribution in [2.45, 2.75) is 0 Å². The number of hydrogen-bond acceptors (Lipinski definition) is 3. The van der Waals surface area contributed by atoms with Crippen LogP contribution in [0.1, 0.15) is 20.0 Å². The van der Waals surface area contributed by atoms with Gasteiger partial charge in [0.15, 0.2) is 0 Å². The second-order valence-electron chi connectivity index (χ2n) is 4.61. The highest BCUT2D eigenvalue weighted by atomic mass is 32.1. The molecule has 0 atom stereocenters. The van der Waals surface area contributed by atoms with Gasteiger partial charge in [0, 0.05) is 5.39 Å². The quantitative estimate of drug-likeness (QED) is 0.637. The van der Waals surface area contributed by atoms with Crippen LogP contribution in [0.3, 0.4) is 0 Å². The third kappa shape index (κ3) is 1.39. The van der Waals surface area contributed by atoms with E-state index in [-0.39, 0.29) is 11.8 Å². The van der Waals surface area contributed by atoms with Gasteiger partial charge in [-0.3, -0.25) is 9.59 Å². The van der Waals surface area contributed by atoms with Gasteiger partial charge in [0.2, 0.25) is 0 Å². The second-order valence-corrected chi connectivity index (χ2v) is 5.52. The third-order valence-corrected chi connectivity index (χ3v) is 4.41. The first-order chi connectivity index (χ1) is 9.77. The van der Waals surface area contributed by atoms with E-state index in [9.17, 15) is 9.59 Å². The smallest absolute Gasteiger partial charge is 0.268 e. The number of anilines is 1. The minimum absolute atomic E-state index is 0.226. The van der Waals surface area contributed by atoms with Crippen LogP contribution in [0.5, 0.6) is 0 Å². The lowest BCUT2D eigenvalue weighted by Gasteiger charge is -2.16. The predicted octanol–water partition coefficient (Wildman–Crippen LogP) is 3.70. The van der Waals surface area contributed by atoms with Gasteiger partial charge in [-0.15, -0.1) is 11.3 Å². The summed E-state index contributed by atoms with van der Waals surface area (Å²) in [5.41, 5.74) is 1.16. The van der Waals surface area contributed by atoms with Crippen LogP contribution in [0.4, 0.5) is 5.69 Å². The van der Waals surface area contributed by atoms with Crippen molar-refractivity contribution >= 4 is 39.6 Å². The average molecular weight is 279 g/mol. The first kappa shape index (κ1) is 11.4. The van der Waals surface area contributed by atoms with Crippen molar-refractivity contribution in [1.82, 2.24) is 0 Å². The van der Waals surface area contributed by atoms with Gasteiger partial charge in [0.05, 0.1) is 11.3 Å². The van der Waals surface area contributed by atoms with E-state index in [1.54, 1.807) is 11.4 Å². The van der Waals surface area contributed by atoms with Gasteiger partial charge >= 0.3 is 0 Å². The summed E-state index contributed by atoms with van der Waals surface area (Å²) in [6.07, 6.45) is 0. The zero-order chi connectivity index (χ0) is 13.7. The Kier molecular flexibility index (Phi) is 2.28. The maximum atomic E-state index is 12.4. The van der Waals surface area contributed by atoms with Crippen molar-refractivity contribution in [3.63, 3.8) is 0 Å². The molecule has 1 aromatic heterocycles. The van der Waals surface area contributed by atoms with Crippen LogP contribution in [0.15, 0.2) is 53.9 Å². The summed E-state index contributed by atoms with van der Waals surface area (Å²) in [5.74, 6) is -0.459. The molecular formula is C16H9NO2S. The van der Waals surface area contributed by atoms with Crippen molar-refractivity contribution in [3.8, 4) is 0 Å². The van der Waals surface area contributed by atoms with Crippen molar-refractivity contribution in [2.75, 3.05) is 4.90 Å². The minimum atomic E-state index is -0.234. The molecule has 0 unspecified atom stereocenters. The highest BCUT2D eigenvalue weighted by molar-refractivity contribution is 7.13. The molecule has 4 heteroatoms. The summed E-state index contributed by atoms with van der Waals surface area (Å²) in [6.45, 7) is 0. The third-order valence-electron chi connectivity index (χ3n) is 3.50. The Morgan fingerprint density at radius 2 is 1.65 bits per heavy atom. The van der Waals surface area contributed by atoms with Crippen molar-refractivity contribution in [3.05, 3.63) is 64.4 Å². The molecular weight excluding hydrogens is 270 g/mol. The lowest BCUT2D eigenvalue weighted by Crippen LogP contribution is -2.29. The number of imide groups is 1. The van der Waals surface area contributed by atoms with Crippen molar-refractivity contribution in [1.29, 1.82) is 0 Å². The molecule has 20 heavy (non-hydrogen) atoms. The van der Waals surface area contributed by atoms with Gasteiger partial charge in [-0.1, -0.05) is 36.4 Å². The van der Waals surface area contributed by atoms with Crippen LogP contribution in [-0.4, -0.2) is 11.8 Å². The van der Waals surface area contributed by atoms with Gasteiger partial charge in [0.25, 0.3) is 11.8 Å². The number of amides is 2. The Hall–Kier alpha value is -2.46. The number of carbonyl (C=O) groups excluding carboxylic acids is 2. The number of carbonyl (C=O) groups is 2. The Morgan fingerprint density at radius 1 is 0.850 bits per heavy atom. The standard InChI is InChI=1S/C16H9NO2S/c18-15-12-8-9-20-14(12)16(19)17(15)13-7-3-5-10-4-1-2-6-11(10)13/h1-9H. The average Bonchev–Trinajstić information content (AvgIpc) is 3.04. The van der Waals surface area contributed by atoms with E-state index >= 15 is 0 Å². The van der Waals surface area contributed by atoms with Crippen LogP contribution in [-0.2, 0) is 0 Å². The highest BCUT2D eigenvalue weighted by Gasteiger charge is 2.38. The second kappa shape index (κ2) is 4.02. The molecule has 0 bridgehead atoms. The first-order valence-electron chi connectivity index (χ1n) is 6.21. The van der Waals surface area contributed by atoms with Crippen LogP contribution in [0, 0.1) is 0 Å². The number of hydrogen-bond donors (Lipinski definition) is 0. The number of nitrogens with zero attached hydrogens (tertiary/aromatic N) is 1. The maximum Gasteiger partial charge on any atom is 0.276 e. The van der Waals surface area contributed by atoms with E-state index in [1.807, 2.05) is 42.5 Å². The van der Waals surface area contributed by atoms with Gasteiger partial charge in [-0.25, -0.2) is 4.90 Å². The zero-order valence-electron chi connectivity index (χ0n) is 10.4. The molecule has 0 saturated heterocycles. The molecule has 0 saturated carbocycles. The van der Waals surface area contributed by atoms with Gasteiger partial charge in [-0.2, -0.15) is 0 Å². The van der Waals surface area contributed by atoms with Crippen molar-refractivity contribution < 1.29 is 9.59 Å². The first-order valence-corrected chi connectivity index (χ1v) is 7.09. The molecule has 2 amide bonds. The van der Waals surface area contributed by atoms with E-state index in [2.05, 4.69) is 0 Å². The summed E-state index contributed by atoms with van der Waals surface area (Å²) in [6, 6.07) is 15.1. The van der Waals surface area contributed by atoms with Crippen LogP contribution < -0.4 is 4.90 Å². The molecule has 0 N–H and O–H groups in total. The minimum Gasteiger partial charge on any atom is -0.268 e. The number of thiophene rings is 1. The number of benzene rings is 2. The topological polar surface area (TPSA) is 37.4 Å². The van der Waals surface area contributed by atoms with Crippen LogP contribution in [0.2, 0.25) is 0 Å². The Labute approximate surface area is 119 Å². The van der Waals surface area contributed by atoms with Gasteiger partial charge in [-0.05, 0) is 22.9 Å². The van der Waals surface area contributed by atoms with E-state index < -0.39 is 0 Å². The zero-order valence-corrected chi connectivity index (χ0v) is 11.2. The fourth-order valence-corrected chi connectivity index (χ4v) is 3.39. The molecule has 0 radical (unpaired) electrons. The molecule has 0 fully saturated rings. The fraction of sp³-hybridized carbons (Fsp3) is 0. The molecule has 1 aliphatic heterocycles. The van der Waals surface area contributed by atoms with Crippen LogP contribution in [0.25, 0.3) is 10.8 Å². The fourth-order valence-electron chi connectivity index (χ4n) is 2.58.